The predicted molar refractivity (Wildman–Crippen MR) is 121 cm³/mol. The molecule has 0 aliphatic carbocycles. The van der Waals surface area contributed by atoms with Crippen LogP contribution in [0.1, 0.15) is 6.42 Å². The number of anilines is 1. The quantitative estimate of drug-likeness (QED) is 0.543. The lowest BCUT2D eigenvalue weighted by molar-refractivity contribution is -0.137. The first-order chi connectivity index (χ1) is 15.5. The van der Waals surface area contributed by atoms with Gasteiger partial charge in [-0.1, -0.05) is 0 Å². The van der Waals surface area contributed by atoms with Gasteiger partial charge in [0.15, 0.2) is 0 Å². The van der Waals surface area contributed by atoms with Gasteiger partial charge in [0.1, 0.15) is 42.6 Å². The van der Waals surface area contributed by atoms with Crippen molar-refractivity contribution in [2.45, 2.75) is 19.0 Å². The van der Waals surface area contributed by atoms with E-state index in [2.05, 4.69) is 15.4 Å². The number of nitrogens with one attached hydrogen (secondary N) is 1. The summed E-state index contributed by atoms with van der Waals surface area (Å²) in [5.74, 6) is 0.270. The Kier molecular flexibility index (Phi) is 7.96. The molecule has 0 radical (unpaired) electrons. The molecule has 0 spiro atoms. The van der Waals surface area contributed by atoms with E-state index in [1.165, 1.54) is 41.6 Å². The van der Waals surface area contributed by atoms with E-state index in [-0.39, 0.29) is 42.5 Å². The summed E-state index contributed by atoms with van der Waals surface area (Å²) in [6.45, 7) is 0.829. The number of halogens is 2. The standard InChI is InChI=1S/C22H23FN6O3.ClH/c23-16-1-5-18(6-2-16)32-19-7-3-17(4-8-19)27-22(31)20-9-15(10-24)11-29(20)21(30)12-28-14-25-13-26-28;/h1-8,13-15,20H,9-12,24H2,(H,27,31);1H. The summed E-state index contributed by atoms with van der Waals surface area (Å²) >= 11 is 0. The first-order valence-corrected chi connectivity index (χ1v) is 10.2. The average molecular weight is 475 g/mol. The van der Waals surface area contributed by atoms with Gasteiger partial charge in [-0.15, -0.1) is 12.4 Å². The number of likely N-dealkylation sites (tertiary alicyclic amines) is 1. The molecule has 1 fully saturated rings. The fourth-order valence-electron chi connectivity index (χ4n) is 3.63. The fraction of sp³-hybridized carbons (Fsp3) is 0.273. The lowest BCUT2D eigenvalue weighted by Crippen LogP contribution is -2.44. The smallest absolute Gasteiger partial charge is 0.247 e. The molecule has 1 aliphatic heterocycles. The molecule has 1 aliphatic rings. The normalized spacial score (nSPS) is 17.3. The van der Waals surface area contributed by atoms with Gasteiger partial charge in [-0.05, 0) is 67.4 Å². The Morgan fingerprint density at radius 1 is 1.12 bits per heavy atom. The summed E-state index contributed by atoms with van der Waals surface area (Å²) < 4.78 is 20.1. The zero-order valence-corrected chi connectivity index (χ0v) is 18.5. The molecule has 0 saturated carbocycles. The molecule has 2 unspecified atom stereocenters. The molecule has 11 heteroatoms. The Hall–Kier alpha value is -3.50. The number of nitrogens with zero attached hydrogens (tertiary/aromatic N) is 4. The van der Waals surface area contributed by atoms with Crippen LogP contribution in [0.25, 0.3) is 0 Å². The second kappa shape index (κ2) is 10.9. The molecular formula is C22H24ClFN6O3. The predicted octanol–water partition coefficient (Wildman–Crippen LogP) is 2.45. The number of aromatic nitrogens is 3. The molecular weight excluding hydrogens is 451 g/mol. The topological polar surface area (TPSA) is 115 Å². The van der Waals surface area contributed by atoms with Crippen molar-refractivity contribution in [2.24, 2.45) is 11.7 Å². The zero-order valence-electron chi connectivity index (χ0n) is 17.6. The number of ether oxygens (including phenoxy) is 1. The van der Waals surface area contributed by atoms with Crippen LogP contribution >= 0.6 is 12.4 Å². The molecule has 174 valence electrons. The highest BCUT2D eigenvalue weighted by Gasteiger charge is 2.39. The van der Waals surface area contributed by atoms with E-state index in [0.29, 0.717) is 36.7 Å². The van der Waals surface area contributed by atoms with Gasteiger partial charge in [0, 0.05) is 12.2 Å². The minimum absolute atomic E-state index is 0. The monoisotopic (exact) mass is 474 g/mol. The number of hydrogen-bond donors (Lipinski definition) is 2. The van der Waals surface area contributed by atoms with Crippen molar-refractivity contribution < 1.29 is 18.7 Å². The highest BCUT2D eigenvalue weighted by molar-refractivity contribution is 5.97. The van der Waals surface area contributed by atoms with Crippen LogP contribution in [0.5, 0.6) is 11.5 Å². The minimum atomic E-state index is -0.616. The first-order valence-electron chi connectivity index (χ1n) is 10.2. The number of nitrogens with two attached hydrogens (primary N) is 1. The van der Waals surface area contributed by atoms with Gasteiger partial charge < -0.3 is 20.7 Å². The lowest BCUT2D eigenvalue weighted by atomic mass is 10.1. The van der Waals surface area contributed by atoms with Crippen LogP contribution in [0.4, 0.5) is 10.1 Å². The SMILES string of the molecule is Cl.NCC1CC(C(=O)Nc2ccc(Oc3ccc(F)cc3)cc2)N(C(=O)Cn2cncn2)C1. The van der Waals surface area contributed by atoms with Crippen molar-refractivity contribution in [1.82, 2.24) is 19.7 Å². The van der Waals surface area contributed by atoms with Crippen molar-refractivity contribution in [3.8, 4) is 11.5 Å². The van der Waals surface area contributed by atoms with E-state index in [1.54, 1.807) is 29.2 Å². The third-order valence-corrected chi connectivity index (χ3v) is 5.28. The Bertz CT molecular complexity index is 1060. The van der Waals surface area contributed by atoms with Gasteiger partial charge in [0.2, 0.25) is 11.8 Å². The highest BCUT2D eigenvalue weighted by atomic mass is 35.5. The third-order valence-electron chi connectivity index (χ3n) is 5.28. The van der Waals surface area contributed by atoms with Gasteiger partial charge in [-0.2, -0.15) is 5.10 Å². The maximum Gasteiger partial charge on any atom is 0.247 e. The highest BCUT2D eigenvalue weighted by Crippen LogP contribution is 2.26. The van der Waals surface area contributed by atoms with E-state index < -0.39 is 6.04 Å². The maximum atomic E-state index is 13.0. The molecule has 2 amide bonds. The molecule has 3 N–H and O–H groups in total. The summed E-state index contributed by atoms with van der Waals surface area (Å²) in [5, 5.41) is 6.81. The number of rotatable bonds is 7. The van der Waals surface area contributed by atoms with Gasteiger partial charge in [0.25, 0.3) is 0 Å². The van der Waals surface area contributed by atoms with Gasteiger partial charge >= 0.3 is 0 Å². The number of amides is 2. The third kappa shape index (κ3) is 6.05. The van der Waals surface area contributed by atoms with E-state index in [4.69, 9.17) is 10.5 Å². The van der Waals surface area contributed by atoms with Crippen LogP contribution in [0.2, 0.25) is 0 Å². The average Bonchev–Trinajstić information content (AvgIpc) is 3.46. The van der Waals surface area contributed by atoms with Crippen molar-refractivity contribution in [1.29, 1.82) is 0 Å². The summed E-state index contributed by atoms with van der Waals surface area (Å²) in [5.41, 5.74) is 6.37. The molecule has 33 heavy (non-hydrogen) atoms. The van der Waals surface area contributed by atoms with Crippen LogP contribution in [0.3, 0.4) is 0 Å². The number of benzene rings is 2. The fourth-order valence-corrected chi connectivity index (χ4v) is 3.63. The van der Waals surface area contributed by atoms with Crippen LogP contribution in [-0.2, 0) is 16.1 Å². The molecule has 1 aromatic heterocycles. The van der Waals surface area contributed by atoms with Crippen LogP contribution in [0.15, 0.2) is 61.2 Å². The molecule has 0 bridgehead atoms. The maximum absolute atomic E-state index is 13.0. The molecule has 3 aromatic rings. The first kappa shape index (κ1) is 24.1. The summed E-state index contributed by atoms with van der Waals surface area (Å²) in [6, 6.07) is 11.9. The van der Waals surface area contributed by atoms with E-state index in [9.17, 15) is 14.0 Å². The summed E-state index contributed by atoms with van der Waals surface area (Å²) in [7, 11) is 0. The number of carbonyl (C=O) groups excluding carboxylic acids is 2. The second-order valence-electron chi connectivity index (χ2n) is 7.56. The van der Waals surface area contributed by atoms with Gasteiger partial charge in [-0.3, -0.25) is 9.59 Å². The van der Waals surface area contributed by atoms with Gasteiger partial charge in [-0.25, -0.2) is 14.1 Å². The van der Waals surface area contributed by atoms with Crippen LogP contribution in [-0.4, -0.2) is 50.6 Å². The second-order valence-corrected chi connectivity index (χ2v) is 7.56. The lowest BCUT2D eigenvalue weighted by Gasteiger charge is -2.24. The van der Waals surface area contributed by atoms with Crippen molar-refractivity contribution in [3.05, 3.63) is 67.0 Å². The Balaban J connectivity index is 0.00000306. The number of carbonyl (C=O) groups is 2. The largest absolute Gasteiger partial charge is 0.457 e. The van der Waals surface area contributed by atoms with E-state index in [0.717, 1.165) is 0 Å². The molecule has 2 aromatic carbocycles. The number of hydrogen-bond acceptors (Lipinski definition) is 6. The van der Waals surface area contributed by atoms with Gasteiger partial charge in [0.05, 0.1) is 0 Å². The van der Waals surface area contributed by atoms with Crippen molar-refractivity contribution in [3.63, 3.8) is 0 Å². The van der Waals surface area contributed by atoms with Crippen LogP contribution < -0.4 is 15.8 Å². The van der Waals surface area contributed by atoms with E-state index in [1.807, 2.05) is 0 Å². The molecule has 9 nitrogen and oxygen atoms in total. The van der Waals surface area contributed by atoms with Crippen molar-refractivity contribution in [2.75, 3.05) is 18.4 Å². The minimum Gasteiger partial charge on any atom is -0.457 e. The zero-order chi connectivity index (χ0) is 22.5. The molecule has 2 heterocycles. The van der Waals surface area contributed by atoms with E-state index >= 15 is 0 Å². The Morgan fingerprint density at radius 2 is 1.79 bits per heavy atom. The molecule has 2 atom stereocenters. The Labute approximate surface area is 196 Å². The molecule has 4 rings (SSSR count). The van der Waals surface area contributed by atoms with Crippen molar-refractivity contribution >= 4 is 29.9 Å². The summed E-state index contributed by atoms with van der Waals surface area (Å²) in [6.07, 6.45) is 3.31. The summed E-state index contributed by atoms with van der Waals surface area (Å²) in [4.78, 5) is 31.1. The molecule has 1 saturated heterocycles. The Morgan fingerprint density at radius 3 is 2.39 bits per heavy atom. The van der Waals surface area contributed by atoms with Crippen LogP contribution in [0, 0.1) is 11.7 Å².